The highest BCUT2D eigenvalue weighted by molar-refractivity contribution is 9.10. The van der Waals surface area contributed by atoms with Gasteiger partial charge in [0.25, 0.3) is 0 Å². The average Bonchev–Trinajstić information content (AvgIpc) is 2.40. The Morgan fingerprint density at radius 3 is 2.68 bits per heavy atom. The summed E-state index contributed by atoms with van der Waals surface area (Å²) < 4.78 is 0.688. The van der Waals surface area contributed by atoms with Gasteiger partial charge in [-0.05, 0) is 40.5 Å². The lowest BCUT2D eigenvalue weighted by Gasteiger charge is -2.27. The van der Waals surface area contributed by atoms with Gasteiger partial charge in [0.1, 0.15) is 17.3 Å². The van der Waals surface area contributed by atoms with Crippen LogP contribution in [0, 0.1) is 0 Å². The van der Waals surface area contributed by atoms with Crippen molar-refractivity contribution in [1.29, 1.82) is 0 Å². The van der Waals surface area contributed by atoms with Gasteiger partial charge in [0.15, 0.2) is 0 Å². The summed E-state index contributed by atoms with van der Waals surface area (Å²) in [7, 11) is 1.95. The molecule has 0 amide bonds. The van der Waals surface area contributed by atoms with Crippen LogP contribution in [0.5, 0.6) is 0 Å². The molecule has 0 saturated heterocycles. The zero-order valence-corrected chi connectivity index (χ0v) is 13.5. The van der Waals surface area contributed by atoms with Crippen LogP contribution < -0.4 is 4.90 Å². The van der Waals surface area contributed by atoms with Crippen LogP contribution >= 0.6 is 39.1 Å². The number of nitrogens with zero attached hydrogens (tertiary/aromatic N) is 3. The summed E-state index contributed by atoms with van der Waals surface area (Å²) in [6.07, 6.45) is 1.45. The van der Waals surface area contributed by atoms with E-state index in [1.54, 1.807) is 0 Å². The zero-order chi connectivity index (χ0) is 14.0. The van der Waals surface area contributed by atoms with Crippen molar-refractivity contribution in [2.75, 3.05) is 11.9 Å². The highest BCUT2D eigenvalue weighted by Gasteiger charge is 2.17. The maximum absolute atomic E-state index is 6.02. The Hall–Kier alpha value is -0.840. The normalized spacial score (nSPS) is 12.3. The largest absolute Gasteiger partial charge is 0.352 e. The van der Waals surface area contributed by atoms with Crippen molar-refractivity contribution in [3.05, 3.63) is 50.8 Å². The second kappa shape index (κ2) is 6.07. The van der Waals surface area contributed by atoms with E-state index in [0.717, 1.165) is 16.4 Å². The molecule has 0 spiro atoms. The molecule has 2 rings (SSSR count). The third-order valence-electron chi connectivity index (χ3n) is 2.97. The summed E-state index contributed by atoms with van der Waals surface area (Å²) in [5, 5.41) is 1.12. The third-order valence-corrected chi connectivity index (χ3v) is 4.45. The minimum absolute atomic E-state index is 0.112. The van der Waals surface area contributed by atoms with Crippen LogP contribution in [0.4, 0.5) is 5.82 Å². The standard InChI is InChI=1S/C13H12BrCl2N3/c1-8(9-4-3-5-10(15)6-9)19(2)13-11(14)12(16)17-7-18-13/h3-8H,1-2H3. The average molecular weight is 361 g/mol. The van der Waals surface area contributed by atoms with Crippen LogP contribution in [-0.2, 0) is 0 Å². The number of benzene rings is 1. The lowest BCUT2D eigenvalue weighted by Crippen LogP contribution is -2.23. The quantitative estimate of drug-likeness (QED) is 0.740. The van der Waals surface area contributed by atoms with E-state index in [1.165, 1.54) is 6.33 Å². The molecule has 1 unspecified atom stereocenters. The molecule has 0 radical (unpaired) electrons. The van der Waals surface area contributed by atoms with Gasteiger partial charge in [0.05, 0.1) is 10.5 Å². The van der Waals surface area contributed by atoms with Gasteiger partial charge in [-0.25, -0.2) is 9.97 Å². The lowest BCUT2D eigenvalue weighted by molar-refractivity contribution is 0.725. The Morgan fingerprint density at radius 1 is 1.26 bits per heavy atom. The fraction of sp³-hybridized carbons (Fsp3) is 0.231. The molecule has 3 nitrogen and oxygen atoms in total. The van der Waals surface area contributed by atoms with Gasteiger partial charge in [-0.2, -0.15) is 0 Å². The van der Waals surface area contributed by atoms with Crippen LogP contribution in [0.15, 0.2) is 35.1 Å². The smallest absolute Gasteiger partial charge is 0.148 e. The molecule has 1 aromatic heterocycles. The van der Waals surface area contributed by atoms with Gasteiger partial charge >= 0.3 is 0 Å². The minimum atomic E-state index is 0.112. The van der Waals surface area contributed by atoms with Crippen molar-refractivity contribution in [2.45, 2.75) is 13.0 Å². The number of rotatable bonds is 3. The van der Waals surface area contributed by atoms with E-state index < -0.39 is 0 Å². The van der Waals surface area contributed by atoms with Crippen LogP contribution in [-0.4, -0.2) is 17.0 Å². The van der Waals surface area contributed by atoms with Crippen LogP contribution in [0.25, 0.3) is 0 Å². The summed E-state index contributed by atoms with van der Waals surface area (Å²) in [5.41, 5.74) is 1.11. The third kappa shape index (κ3) is 3.19. The molecule has 0 N–H and O–H groups in total. The van der Waals surface area contributed by atoms with E-state index in [-0.39, 0.29) is 6.04 Å². The predicted octanol–water partition coefficient (Wildman–Crippen LogP) is 4.74. The molecule has 2 aromatic rings. The van der Waals surface area contributed by atoms with Crippen molar-refractivity contribution in [3.63, 3.8) is 0 Å². The van der Waals surface area contributed by atoms with Gasteiger partial charge in [-0.1, -0.05) is 35.3 Å². The monoisotopic (exact) mass is 359 g/mol. The molecule has 0 bridgehead atoms. The van der Waals surface area contributed by atoms with Crippen molar-refractivity contribution in [1.82, 2.24) is 9.97 Å². The van der Waals surface area contributed by atoms with Crippen LogP contribution in [0.3, 0.4) is 0 Å². The second-order valence-corrected chi connectivity index (χ2v) is 5.73. The Labute approximate surface area is 130 Å². The van der Waals surface area contributed by atoms with Crippen molar-refractivity contribution in [3.8, 4) is 0 Å². The highest BCUT2D eigenvalue weighted by atomic mass is 79.9. The number of hydrogen-bond donors (Lipinski definition) is 0. The van der Waals surface area contributed by atoms with Crippen molar-refractivity contribution in [2.24, 2.45) is 0 Å². The second-order valence-electron chi connectivity index (χ2n) is 4.14. The molecule has 0 fully saturated rings. The predicted molar refractivity (Wildman–Crippen MR) is 83.0 cm³/mol. The van der Waals surface area contributed by atoms with E-state index >= 15 is 0 Å². The first-order chi connectivity index (χ1) is 9.00. The molecule has 0 saturated carbocycles. The first kappa shape index (κ1) is 14.6. The molecular weight excluding hydrogens is 349 g/mol. The first-order valence-corrected chi connectivity index (χ1v) is 7.20. The topological polar surface area (TPSA) is 29.0 Å². The lowest BCUT2D eigenvalue weighted by atomic mass is 10.1. The molecule has 19 heavy (non-hydrogen) atoms. The molecule has 1 heterocycles. The molecule has 100 valence electrons. The van der Waals surface area contributed by atoms with Crippen molar-refractivity contribution < 1.29 is 0 Å². The molecular formula is C13H12BrCl2N3. The Balaban J connectivity index is 2.33. The SMILES string of the molecule is CC(c1cccc(Cl)c1)N(C)c1ncnc(Cl)c1Br. The zero-order valence-electron chi connectivity index (χ0n) is 10.4. The molecule has 1 aromatic carbocycles. The Morgan fingerprint density at radius 2 is 2.00 bits per heavy atom. The molecule has 6 heteroatoms. The van der Waals surface area contributed by atoms with Crippen LogP contribution in [0.2, 0.25) is 10.2 Å². The molecule has 1 atom stereocenters. The van der Waals surface area contributed by atoms with E-state index in [4.69, 9.17) is 23.2 Å². The van der Waals surface area contributed by atoms with Gasteiger partial charge in [0, 0.05) is 12.1 Å². The number of aromatic nitrogens is 2. The number of hydrogen-bond acceptors (Lipinski definition) is 3. The van der Waals surface area contributed by atoms with Gasteiger partial charge in [0.2, 0.25) is 0 Å². The maximum atomic E-state index is 6.02. The van der Waals surface area contributed by atoms with Gasteiger partial charge < -0.3 is 4.90 Å². The molecule has 0 aliphatic heterocycles. The van der Waals surface area contributed by atoms with Crippen molar-refractivity contribution >= 4 is 44.9 Å². The molecule has 0 aliphatic rings. The fourth-order valence-electron chi connectivity index (χ4n) is 1.76. The van der Waals surface area contributed by atoms with E-state index in [9.17, 15) is 0 Å². The summed E-state index contributed by atoms with van der Waals surface area (Å²) in [5.74, 6) is 0.743. The fourth-order valence-corrected chi connectivity index (χ4v) is 2.57. The maximum Gasteiger partial charge on any atom is 0.148 e. The summed E-state index contributed by atoms with van der Waals surface area (Å²) >= 11 is 15.4. The molecule has 0 aliphatic carbocycles. The Bertz CT molecular complexity index is 592. The van der Waals surface area contributed by atoms with E-state index in [0.29, 0.717) is 9.63 Å². The Kier molecular flexibility index (Phi) is 4.66. The van der Waals surface area contributed by atoms with Crippen LogP contribution in [0.1, 0.15) is 18.5 Å². The van der Waals surface area contributed by atoms with Gasteiger partial charge in [-0.15, -0.1) is 0 Å². The first-order valence-electron chi connectivity index (χ1n) is 5.65. The summed E-state index contributed by atoms with van der Waals surface area (Å²) in [4.78, 5) is 10.2. The highest BCUT2D eigenvalue weighted by Crippen LogP contribution is 2.33. The van der Waals surface area contributed by atoms with E-state index in [1.807, 2.05) is 36.2 Å². The van der Waals surface area contributed by atoms with E-state index in [2.05, 4.69) is 32.8 Å². The summed E-state index contributed by atoms with van der Waals surface area (Å²) in [6, 6.07) is 7.88. The summed E-state index contributed by atoms with van der Waals surface area (Å²) in [6.45, 7) is 2.08. The van der Waals surface area contributed by atoms with Gasteiger partial charge in [-0.3, -0.25) is 0 Å². The number of halogens is 3. The number of anilines is 1. The minimum Gasteiger partial charge on any atom is -0.352 e.